The van der Waals surface area contributed by atoms with Crippen LogP contribution in [0.1, 0.15) is 265 Å². The number of unbranched alkanes of at least 4 members (excludes halogenated alkanes) is 26. The van der Waals surface area contributed by atoms with Crippen molar-refractivity contribution < 1.29 is 28.6 Å². The summed E-state index contributed by atoms with van der Waals surface area (Å²) in [6, 6.07) is 0. The zero-order valence-electron chi connectivity index (χ0n) is 42.7. The van der Waals surface area contributed by atoms with E-state index in [1.807, 2.05) is 0 Å². The Hall–Kier alpha value is -3.15. The van der Waals surface area contributed by atoms with Gasteiger partial charge in [-0.3, -0.25) is 14.4 Å². The first-order valence-corrected chi connectivity index (χ1v) is 27.4. The van der Waals surface area contributed by atoms with Crippen LogP contribution in [0, 0.1) is 0 Å². The van der Waals surface area contributed by atoms with E-state index in [1.165, 1.54) is 116 Å². The summed E-state index contributed by atoms with van der Waals surface area (Å²) in [5, 5.41) is 0. The second-order valence-electron chi connectivity index (χ2n) is 18.1. The van der Waals surface area contributed by atoms with Crippen LogP contribution in [-0.2, 0) is 28.6 Å². The van der Waals surface area contributed by atoms with Gasteiger partial charge in [-0.25, -0.2) is 0 Å². The maximum atomic E-state index is 12.8. The molecule has 0 heterocycles. The molecule has 0 fully saturated rings. The molecule has 374 valence electrons. The summed E-state index contributed by atoms with van der Waals surface area (Å²) in [6.45, 7) is 6.48. The molecule has 0 saturated carbocycles. The summed E-state index contributed by atoms with van der Waals surface area (Å²) in [5.74, 6) is -0.942. The zero-order chi connectivity index (χ0) is 47.2. The molecule has 0 aromatic heterocycles. The van der Waals surface area contributed by atoms with Crippen LogP contribution in [0.2, 0.25) is 0 Å². The molecule has 0 radical (unpaired) electrons. The molecule has 0 saturated heterocycles. The predicted octanol–water partition coefficient (Wildman–Crippen LogP) is 18.2. The molecular formula is C59H102O6. The Morgan fingerprint density at radius 2 is 0.600 bits per heavy atom. The Morgan fingerprint density at radius 3 is 0.985 bits per heavy atom. The topological polar surface area (TPSA) is 78.9 Å². The summed E-state index contributed by atoms with van der Waals surface area (Å²) < 4.78 is 16.8. The molecule has 1 atom stereocenters. The molecule has 0 aliphatic heterocycles. The average molecular weight is 907 g/mol. The normalized spacial score (nSPS) is 12.6. The average Bonchev–Trinajstić information content (AvgIpc) is 3.30. The first-order valence-electron chi connectivity index (χ1n) is 27.4. The van der Waals surface area contributed by atoms with Crippen molar-refractivity contribution in [3.8, 4) is 0 Å². The van der Waals surface area contributed by atoms with Gasteiger partial charge in [0.25, 0.3) is 0 Å². The molecule has 0 amide bonds. The van der Waals surface area contributed by atoms with Gasteiger partial charge in [0, 0.05) is 19.3 Å². The first kappa shape index (κ1) is 61.9. The van der Waals surface area contributed by atoms with Gasteiger partial charge in [0.15, 0.2) is 6.10 Å². The summed E-state index contributed by atoms with van der Waals surface area (Å²) in [6.07, 6.45) is 67.4. The number of hydrogen-bond donors (Lipinski definition) is 0. The number of hydrogen-bond acceptors (Lipinski definition) is 6. The molecular weight excluding hydrogens is 805 g/mol. The molecule has 0 aromatic rings. The molecule has 0 aromatic carbocycles. The van der Waals surface area contributed by atoms with E-state index < -0.39 is 6.10 Å². The Kier molecular flexibility index (Phi) is 50.9. The third-order valence-electron chi connectivity index (χ3n) is 11.7. The van der Waals surface area contributed by atoms with Crippen LogP contribution in [0.25, 0.3) is 0 Å². The maximum Gasteiger partial charge on any atom is 0.306 e. The van der Waals surface area contributed by atoms with Crippen molar-refractivity contribution in [2.45, 2.75) is 271 Å². The molecule has 0 N–H and O–H groups in total. The van der Waals surface area contributed by atoms with Gasteiger partial charge >= 0.3 is 17.9 Å². The van der Waals surface area contributed by atoms with E-state index in [-0.39, 0.29) is 31.1 Å². The standard InChI is InChI=1S/C59H102O6/c1-4-7-10-13-16-19-22-25-28-31-34-37-40-43-46-49-52-58(61)64-55-56(54-63-57(60)51-48-45-42-39-36-33-30-27-24-21-18-15-12-9-6-3)65-59(62)53-50-47-44-41-38-35-32-29-26-23-20-17-14-11-8-5-2/h9,12,18-19,21-22,27-28,30-31,36,39,56H,4-8,10-11,13-17,20,23-26,29,32-35,37-38,40-55H2,1-3H3/b12-9-,21-18-,22-19-,30-27-,31-28-,39-36-. The van der Waals surface area contributed by atoms with E-state index >= 15 is 0 Å². The molecule has 0 spiro atoms. The number of carbonyl (C=O) groups is 3. The van der Waals surface area contributed by atoms with Crippen molar-refractivity contribution in [2.24, 2.45) is 0 Å². The van der Waals surface area contributed by atoms with Crippen LogP contribution in [0.4, 0.5) is 0 Å². The summed E-state index contributed by atoms with van der Waals surface area (Å²) in [5.41, 5.74) is 0. The van der Waals surface area contributed by atoms with Gasteiger partial charge in [-0.2, -0.15) is 0 Å². The van der Waals surface area contributed by atoms with Crippen molar-refractivity contribution >= 4 is 17.9 Å². The van der Waals surface area contributed by atoms with Crippen molar-refractivity contribution in [1.29, 1.82) is 0 Å². The fourth-order valence-electron chi connectivity index (χ4n) is 7.58. The second kappa shape index (κ2) is 53.5. The summed E-state index contributed by atoms with van der Waals surface area (Å²) >= 11 is 0. The quantitative estimate of drug-likeness (QED) is 0.0262. The van der Waals surface area contributed by atoms with Crippen molar-refractivity contribution in [2.75, 3.05) is 13.2 Å². The van der Waals surface area contributed by atoms with Crippen LogP contribution >= 0.6 is 0 Å². The molecule has 0 rings (SSSR count). The van der Waals surface area contributed by atoms with Gasteiger partial charge in [0.05, 0.1) is 0 Å². The Morgan fingerprint density at radius 1 is 0.323 bits per heavy atom. The number of rotatable bonds is 49. The summed E-state index contributed by atoms with van der Waals surface area (Å²) in [7, 11) is 0. The minimum Gasteiger partial charge on any atom is -0.462 e. The van der Waals surface area contributed by atoms with Gasteiger partial charge in [-0.15, -0.1) is 0 Å². The van der Waals surface area contributed by atoms with E-state index in [1.54, 1.807) is 0 Å². The number of esters is 3. The van der Waals surface area contributed by atoms with Crippen LogP contribution in [0.5, 0.6) is 0 Å². The minimum atomic E-state index is -0.796. The number of carbonyl (C=O) groups excluding carboxylic acids is 3. The number of ether oxygens (including phenoxy) is 3. The van der Waals surface area contributed by atoms with Crippen LogP contribution in [0.3, 0.4) is 0 Å². The SMILES string of the molecule is CC/C=C\C/C=C\C/C=C\C/C=C\CCCCC(=O)OCC(COC(=O)CCCCCCC/C=C\C/C=C\CCCCCC)OC(=O)CCCCCCCCCCCCCCCCCC. The summed E-state index contributed by atoms with van der Waals surface area (Å²) in [4.78, 5) is 38.1. The Labute approximate surface area is 402 Å². The van der Waals surface area contributed by atoms with Gasteiger partial charge in [0.2, 0.25) is 0 Å². The van der Waals surface area contributed by atoms with E-state index in [4.69, 9.17) is 14.2 Å². The lowest BCUT2D eigenvalue weighted by Crippen LogP contribution is -2.30. The van der Waals surface area contributed by atoms with Crippen LogP contribution < -0.4 is 0 Å². The molecule has 6 heteroatoms. The van der Waals surface area contributed by atoms with Crippen molar-refractivity contribution in [1.82, 2.24) is 0 Å². The fourth-order valence-corrected chi connectivity index (χ4v) is 7.58. The molecule has 65 heavy (non-hydrogen) atoms. The lowest BCUT2D eigenvalue weighted by atomic mass is 10.0. The van der Waals surface area contributed by atoms with Gasteiger partial charge in [0.1, 0.15) is 13.2 Å². The maximum absolute atomic E-state index is 12.8. The molecule has 0 aliphatic carbocycles. The Balaban J connectivity index is 4.45. The fraction of sp³-hybridized carbons (Fsp3) is 0.746. The smallest absolute Gasteiger partial charge is 0.306 e. The zero-order valence-corrected chi connectivity index (χ0v) is 42.7. The van der Waals surface area contributed by atoms with Crippen LogP contribution in [-0.4, -0.2) is 37.2 Å². The van der Waals surface area contributed by atoms with Crippen LogP contribution in [0.15, 0.2) is 72.9 Å². The van der Waals surface area contributed by atoms with Crippen molar-refractivity contribution in [3.05, 3.63) is 72.9 Å². The van der Waals surface area contributed by atoms with E-state index in [0.717, 1.165) is 109 Å². The van der Waals surface area contributed by atoms with Gasteiger partial charge in [-0.1, -0.05) is 229 Å². The minimum absolute atomic E-state index is 0.0942. The molecule has 0 bridgehead atoms. The second-order valence-corrected chi connectivity index (χ2v) is 18.1. The number of allylic oxidation sites excluding steroid dienone is 12. The highest BCUT2D eigenvalue weighted by molar-refractivity contribution is 5.71. The highest BCUT2D eigenvalue weighted by Crippen LogP contribution is 2.15. The lowest BCUT2D eigenvalue weighted by molar-refractivity contribution is -0.167. The van der Waals surface area contributed by atoms with E-state index in [9.17, 15) is 14.4 Å². The Bertz CT molecular complexity index is 1230. The highest BCUT2D eigenvalue weighted by Gasteiger charge is 2.19. The first-order chi connectivity index (χ1) is 32.0. The third-order valence-corrected chi connectivity index (χ3v) is 11.7. The highest BCUT2D eigenvalue weighted by atomic mass is 16.6. The van der Waals surface area contributed by atoms with Crippen molar-refractivity contribution in [3.63, 3.8) is 0 Å². The molecule has 0 aliphatic rings. The lowest BCUT2D eigenvalue weighted by Gasteiger charge is -2.18. The monoisotopic (exact) mass is 907 g/mol. The van der Waals surface area contributed by atoms with E-state index in [0.29, 0.717) is 19.3 Å². The third kappa shape index (κ3) is 51.7. The molecule has 6 nitrogen and oxygen atoms in total. The molecule has 1 unspecified atom stereocenters. The van der Waals surface area contributed by atoms with Gasteiger partial charge in [-0.05, 0) is 89.9 Å². The van der Waals surface area contributed by atoms with E-state index in [2.05, 4.69) is 93.7 Å². The predicted molar refractivity (Wildman–Crippen MR) is 279 cm³/mol. The largest absolute Gasteiger partial charge is 0.462 e. The van der Waals surface area contributed by atoms with Gasteiger partial charge < -0.3 is 14.2 Å².